The summed E-state index contributed by atoms with van der Waals surface area (Å²) in [6, 6.07) is 10.3. The first-order chi connectivity index (χ1) is 11.2. The highest BCUT2D eigenvalue weighted by molar-refractivity contribution is 5.85. The Kier molecular flexibility index (Phi) is 5.16. The van der Waals surface area contributed by atoms with Crippen LogP contribution < -0.4 is 4.90 Å². The molecular formula is C18H25N3O2. The van der Waals surface area contributed by atoms with E-state index in [0.29, 0.717) is 6.42 Å². The van der Waals surface area contributed by atoms with Crippen molar-refractivity contribution in [3.8, 4) is 0 Å². The molecule has 2 amide bonds. The molecule has 2 aliphatic heterocycles. The molecule has 2 fully saturated rings. The van der Waals surface area contributed by atoms with E-state index in [1.54, 1.807) is 4.90 Å². The van der Waals surface area contributed by atoms with E-state index >= 15 is 0 Å². The minimum atomic E-state index is 0.0927. The highest BCUT2D eigenvalue weighted by atomic mass is 16.2. The van der Waals surface area contributed by atoms with E-state index in [-0.39, 0.29) is 18.4 Å². The summed E-state index contributed by atoms with van der Waals surface area (Å²) >= 11 is 0. The number of hydrogen-bond acceptors (Lipinski definition) is 3. The van der Waals surface area contributed by atoms with Gasteiger partial charge in [0.25, 0.3) is 0 Å². The first-order valence-corrected chi connectivity index (χ1v) is 8.59. The van der Waals surface area contributed by atoms with Gasteiger partial charge in [0.05, 0.1) is 6.54 Å². The van der Waals surface area contributed by atoms with Crippen LogP contribution >= 0.6 is 0 Å². The monoisotopic (exact) mass is 315 g/mol. The number of nitrogens with zero attached hydrogens (tertiary/aromatic N) is 3. The number of amides is 2. The van der Waals surface area contributed by atoms with E-state index in [1.165, 1.54) is 5.69 Å². The largest absolute Gasteiger partial charge is 0.370 e. The molecule has 5 nitrogen and oxygen atoms in total. The number of benzene rings is 1. The van der Waals surface area contributed by atoms with Crippen LogP contribution in [0.1, 0.15) is 25.7 Å². The standard InChI is InChI=1S/C18H25N3O2/c22-17-9-4-5-10-21(17)15-18(23)20-12-6-11-19(13-14-20)16-7-2-1-3-8-16/h1-3,7-8H,4-6,9-15H2. The molecule has 0 N–H and O–H groups in total. The number of para-hydroxylation sites is 1. The van der Waals surface area contributed by atoms with E-state index in [9.17, 15) is 9.59 Å². The molecule has 1 aromatic rings. The summed E-state index contributed by atoms with van der Waals surface area (Å²) in [6.45, 7) is 4.32. The fraction of sp³-hybridized carbons (Fsp3) is 0.556. The minimum absolute atomic E-state index is 0.0927. The zero-order valence-electron chi connectivity index (χ0n) is 13.6. The van der Waals surface area contributed by atoms with Crippen molar-refractivity contribution in [2.45, 2.75) is 25.7 Å². The molecule has 0 spiro atoms. The van der Waals surface area contributed by atoms with Gasteiger partial charge in [0.15, 0.2) is 0 Å². The lowest BCUT2D eigenvalue weighted by Crippen LogP contribution is -2.45. The van der Waals surface area contributed by atoms with Crippen LogP contribution in [0.4, 0.5) is 5.69 Å². The number of piperidine rings is 1. The molecule has 0 unspecified atom stereocenters. The molecule has 2 saturated heterocycles. The molecular weight excluding hydrogens is 290 g/mol. The molecule has 2 aliphatic rings. The normalized spacial score (nSPS) is 19.7. The van der Waals surface area contributed by atoms with Gasteiger partial charge in [-0.1, -0.05) is 18.2 Å². The lowest BCUT2D eigenvalue weighted by Gasteiger charge is -2.29. The zero-order valence-corrected chi connectivity index (χ0v) is 13.6. The summed E-state index contributed by atoms with van der Waals surface area (Å²) in [6.07, 6.45) is 3.53. The van der Waals surface area contributed by atoms with Gasteiger partial charge in [0, 0.05) is 44.8 Å². The second-order valence-corrected chi connectivity index (χ2v) is 6.33. The van der Waals surface area contributed by atoms with Gasteiger partial charge in [-0.15, -0.1) is 0 Å². The fourth-order valence-corrected chi connectivity index (χ4v) is 3.36. The average Bonchev–Trinajstić information content (AvgIpc) is 2.84. The molecule has 0 bridgehead atoms. The lowest BCUT2D eigenvalue weighted by molar-refractivity contribution is -0.141. The van der Waals surface area contributed by atoms with Gasteiger partial charge in [0.1, 0.15) is 0 Å². The van der Waals surface area contributed by atoms with Gasteiger partial charge in [-0.25, -0.2) is 0 Å². The summed E-state index contributed by atoms with van der Waals surface area (Å²) in [7, 11) is 0. The molecule has 0 aliphatic carbocycles. The van der Waals surface area contributed by atoms with Crippen LogP contribution in [0.15, 0.2) is 30.3 Å². The lowest BCUT2D eigenvalue weighted by atomic mass is 10.1. The maximum atomic E-state index is 12.5. The molecule has 3 rings (SSSR count). The van der Waals surface area contributed by atoms with Crippen molar-refractivity contribution in [3.05, 3.63) is 30.3 Å². The van der Waals surface area contributed by atoms with Crippen LogP contribution in [0.3, 0.4) is 0 Å². The van der Waals surface area contributed by atoms with Crippen molar-refractivity contribution in [3.63, 3.8) is 0 Å². The van der Waals surface area contributed by atoms with Gasteiger partial charge in [0.2, 0.25) is 11.8 Å². The predicted molar refractivity (Wildman–Crippen MR) is 90.3 cm³/mol. The van der Waals surface area contributed by atoms with Crippen molar-refractivity contribution in [1.82, 2.24) is 9.80 Å². The SMILES string of the molecule is O=C(CN1CCCCC1=O)N1CCCN(c2ccccc2)CC1. The first kappa shape index (κ1) is 15.8. The molecule has 1 aromatic carbocycles. The van der Waals surface area contributed by atoms with E-state index in [0.717, 1.165) is 52.0 Å². The van der Waals surface area contributed by atoms with Gasteiger partial charge >= 0.3 is 0 Å². The summed E-state index contributed by atoms with van der Waals surface area (Å²) < 4.78 is 0. The van der Waals surface area contributed by atoms with E-state index < -0.39 is 0 Å². The van der Waals surface area contributed by atoms with E-state index in [4.69, 9.17) is 0 Å². The van der Waals surface area contributed by atoms with Crippen LogP contribution in [-0.2, 0) is 9.59 Å². The van der Waals surface area contributed by atoms with Crippen LogP contribution in [0.25, 0.3) is 0 Å². The topological polar surface area (TPSA) is 43.9 Å². The molecule has 2 heterocycles. The highest BCUT2D eigenvalue weighted by Gasteiger charge is 2.24. The summed E-state index contributed by atoms with van der Waals surface area (Å²) in [4.78, 5) is 30.4. The van der Waals surface area contributed by atoms with Gasteiger partial charge in [-0.2, -0.15) is 0 Å². The third-order valence-corrected chi connectivity index (χ3v) is 4.72. The number of carbonyl (C=O) groups is 2. The molecule has 5 heteroatoms. The Bertz CT molecular complexity index is 546. The number of hydrogen-bond donors (Lipinski definition) is 0. The van der Waals surface area contributed by atoms with E-state index in [1.807, 2.05) is 23.1 Å². The Balaban J connectivity index is 1.55. The van der Waals surface area contributed by atoms with Crippen molar-refractivity contribution >= 4 is 17.5 Å². The van der Waals surface area contributed by atoms with Crippen LogP contribution in [0.2, 0.25) is 0 Å². The van der Waals surface area contributed by atoms with Gasteiger partial charge in [-0.05, 0) is 31.4 Å². The number of likely N-dealkylation sites (tertiary alicyclic amines) is 1. The highest BCUT2D eigenvalue weighted by Crippen LogP contribution is 2.16. The molecule has 0 atom stereocenters. The van der Waals surface area contributed by atoms with Crippen LogP contribution in [0, 0.1) is 0 Å². The summed E-state index contributed by atoms with van der Waals surface area (Å²) in [5, 5.41) is 0. The van der Waals surface area contributed by atoms with Gasteiger partial charge < -0.3 is 14.7 Å². The summed E-state index contributed by atoms with van der Waals surface area (Å²) in [5.41, 5.74) is 1.22. The number of carbonyl (C=O) groups excluding carboxylic acids is 2. The summed E-state index contributed by atoms with van der Waals surface area (Å²) in [5.74, 6) is 0.223. The maximum absolute atomic E-state index is 12.5. The smallest absolute Gasteiger partial charge is 0.242 e. The van der Waals surface area contributed by atoms with Crippen molar-refractivity contribution in [2.24, 2.45) is 0 Å². The second-order valence-electron chi connectivity index (χ2n) is 6.33. The number of rotatable bonds is 3. The Morgan fingerprint density at radius 2 is 1.74 bits per heavy atom. The van der Waals surface area contributed by atoms with Crippen molar-refractivity contribution in [2.75, 3.05) is 44.2 Å². The Morgan fingerprint density at radius 3 is 2.52 bits per heavy atom. The predicted octanol–water partition coefficient (Wildman–Crippen LogP) is 1.74. The van der Waals surface area contributed by atoms with Crippen molar-refractivity contribution in [1.29, 1.82) is 0 Å². The molecule has 124 valence electrons. The number of anilines is 1. The van der Waals surface area contributed by atoms with Gasteiger partial charge in [-0.3, -0.25) is 9.59 Å². The van der Waals surface area contributed by atoms with Crippen molar-refractivity contribution < 1.29 is 9.59 Å². The fourth-order valence-electron chi connectivity index (χ4n) is 3.36. The third-order valence-electron chi connectivity index (χ3n) is 4.72. The molecule has 0 radical (unpaired) electrons. The van der Waals surface area contributed by atoms with Crippen LogP contribution in [-0.4, -0.2) is 60.9 Å². The molecule has 23 heavy (non-hydrogen) atoms. The first-order valence-electron chi connectivity index (χ1n) is 8.59. The molecule has 0 saturated carbocycles. The zero-order chi connectivity index (χ0) is 16.1. The van der Waals surface area contributed by atoms with E-state index in [2.05, 4.69) is 17.0 Å². The molecule has 0 aromatic heterocycles. The van der Waals surface area contributed by atoms with Crippen LogP contribution in [0.5, 0.6) is 0 Å². The average molecular weight is 315 g/mol. The Labute approximate surface area is 137 Å². The Hall–Kier alpha value is -2.04. The maximum Gasteiger partial charge on any atom is 0.242 e. The minimum Gasteiger partial charge on any atom is -0.370 e. The third kappa shape index (κ3) is 4.03. The quantitative estimate of drug-likeness (QED) is 0.853. The second kappa shape index (κ2) is 7.49. The Morgan fingerprint density at radius 1 is 0.913 bits per heavy atom.